The maximum atomic E-state index is 5.49. The molecule has 1 aliphatic rings. The minimum Gasteiger partial charge on any atom is -0.379 e. The Morgan fingerprint density at radius 2 is 2.38 bits per heavy atom. The fourth-order valence-electron chi connectivity index (χ4n) is 2.07. The van der Waals surface area contributed by atoms with Gasteiger partial charge in [-0.3, -0.25) is 0 Å². The Hall–Kier alpha value is -0.680. The van der Waals surface area contributed by atoms with Gasteiger partial charge >= 0.3 is 0 Å². The van der Waals surface area contributed by atoms with Crippen LogP contribution in [-0.2, 0) is 4.74 Å². The molecule has 0 saturated carbocycles. The van der Waals surface area contributed by atoms with Crippen molar-refractivity contribution in [3.05, 3.63) is 17.0 Å². The largest absolute Gasteiger partial charge is 0.379 e. The Labute approximate surface area is 104 Å². The Kier molecular flexibility index (Phi) is 3.76. The topological polar surface area (TPSA) is 38.2 Å². The fourth-order valence-corrected chi connectivity index (χ4v) is 2.54. The molecule has 1 aromatic rings. The minimum atomic E-state index is 0.288. The molecule has 2 atom stereocenters. The van der Waals surface area contributed by atoms with Gasteiger partial charge in [0.2, 0.25) is 0 Å². The average Bonchev–Trinajstić information content (AvgIpc) is 2.31. The molecule has 0 N–H and O–H groups in total. The number of hydrogen-bond donors (Lipinski definition) is 0. The van der Waals surface area contributed by atoms with E-state index >= 15 is 0 Å². The van der Waals surface area contributed by atoms with Crippen molar-refractivity contribution < 1.29 is 4.74 Å². The Morgan fingerprint density at radius 1 is 1.56 bits per heavy atom. The summed E-state index contributed by atoms with van der Waals surface area (Å²) in [5, 5.41) is 0. The van der Waals surface area contributed by atoms with E-state index in [-0.39, 0.29) is 6.10 Å². The van der Waals surface area contributed by atoms with E-state index < -0.39 is 0 Å². The van der Waals surface area contributed by atoms with Crippen LogP contribution in [0.1, 0.15) is 13.3 Å². The van der Waals surface area contributed by atoms with Gasteiger partial charge in [0.1, 0.15) is 12.1 Å². The SMILES string of the molecule is COC1CN(c2ncncc2Br)CCC1C. The van der Waals surface area contributed by atoms with E-state index in [0.717, 1.165) is 29.8 Å². The third kappa shape index (κ3) is 2.35. The molecule has 0 aliphatic carbocycles. The molecule has 0 radical (unpaired) electrons. The van der Waals surface area contributed by atoms with E-state index in [2.05, 4.69) is 37.7 Å². The van der Waals surface area contributed by atoms with E-state index in [1.165, 1.54) is 0 Å². The zero-order valence-corrected chi connectivity index (χ0v) is 11.1. The van der Waals surface area contributed by atoms with Gasteiger partial charge in [-0.1, -0.05) is 6.92 Å². The minimum absolute atomic E-state index is 0.288. The molecule has 1 fully saturated rings. The number of piperidine rings is 1. The number of anilines is 1. The van der Waals surface area contributed by atoms with Gasteiger partial charge in [0.25, 0.3) is 0 Å². The lowest BCUT2D eigenvalue weighted by Gasteiger charge is -2.37. The van der Waals surface area contributed by atoms with Crippen LogP contribution >= 0.6 is 15.9 Å². The van der Waals surface area contributed by atoms with E-state index in [9.17, 15) is 0 Å². The molecule has 0 spiro atoms. The molecule has 5 heteroatoms. The first-order valence-electron chi connectivity index (χ1n) is 5.45. The number of methoxy groups -OCH3 is 1. The van der Waals surface area contributed by atoms with E-state index in [1.54, 1.807) is 19.6 Å². The highest BCUT2D eigenvalue weighted by molar-refractivity contribution is 9.10. The molecular weight excluding hydrogens is 270 g/mol. The standard InChI is InChI=1S/C11H16BrN3O/c1-8-3-4-15(6-10(8)16-2)11-9(12)5-13-7-14-11/h5,7-8,10H,3-4,6H2,1-2H3. The number of halogens is 1. The van der Waals surface area contributed by atoms with Gasteiger partial charge in [-0.05, 0) is 28.3 Å². The van der Waals surface area contributed by atoms with Crippen molar-refractivity contribution in [1.82, 2.24) is 9.97 Å². The van der Waals surface area contributed by atoms with Crippen molar-refractivity contribution in [1.29, 1.82) is 0 Å². The predicted octanol–water partition coefficient (Wildman–Crippen LogP) is 2.10. The van der Waals surface area contributed by atoms with Crippen LogP contribution in [0.25, 0.3) is 0 Å². The first kappa shape index (κ1) is 11.8. The van der Waals surface area contributed by atoms with E-state index in [4.69, 9.17) is 4.74 Å². The van der Waals surface area contributed by atoms with Gasteiger partial charge in [-0.15, -0.1) is 0 Å². The van der Waals surface area contributed by atoms with Crippen LogP contribution in [0.15, 0.2) is 17.0 Å². The predicted molar refractivity (Wildman–Crippen MR) is 66.5 cm³/mol. The second-order valence-corrected chi connectivity index (χ2v) is 5.03. The maximum Gasteiger partial charge on any atom is 0.146 e. The van der Waals surface area contributed by atoms with Crippen LogP contribution in [0.5, 0.6) is 0 Å². The van der Waals surface area contributed by atoms with E-state index in [1.807, 2.05) is 0 Å². The summed E-state index contributed by atoms with van der Waals surface area (Å²) in [6.07, 6.45) is 4.78. The second-order valence-electron chi connectivity index (χ2n) is 4.18. The molecule has 0 aromatic carbocycles. The maximum absolute atomic E-state index is 5.49. The molecule has 2 unspecified atom stereocenters. The normalized spacial score (nSPS) is 25.8. The van der Waals surface area contributed by atoms with Crippen LogP contribution in [0.2, 0.25) is 0 Å². The summed E-state index contributed by atoms with van der Waals surface area (Å²) in [6.45, 7) is 4.16. The van der Waals surface area contributed by atoms with Crippen molar-refractivity contribution >= 4 is 21.7 Å². The Bertz CT molecular complexity index is 361. The summed E-state index contributed by atoms with van der Waals surface area (Å²) < 4.78 is 6.44. The summed E-state index contributed by atoms with van der Waals surface area (Å²) >= 11 is 3.48. The van der Waals surface area contributed by atoms with Gasteiger partial charge in [-0.2, -0.15) is 0 Å². The van der Waals surface area contributed by atoms with Gasteiger partial charge < -0.3 is 9.64 Å². The number of hydrogen-bond acceptors (Lipinski definition) is 4. The third-order valence-electron chi connectivity index (χ3n) is 3.14. The molecule has 2 heterocycles. The molecule has 4 nitrogen and oxygen atoms in total. The lowest BCUT2D eigenvalue weighted by atomic mass is 9.96. The van der Waals surface area contributed by atoms with Crippen LogP contribution in [0.4, 0.5) is 5.82 Å². The van der Waals surface area contributed by atoms with Gasteiger partial charge in [0.05, 0.1) is 10.6 Å². The lowest BCUT2D eigenvalue weighted by molar-refractivity contribution is 0.0496. The average molecular weight is 286 g/mol. The number of aromatic nitrogens is 2. The highest BCUT2D eigenvalue weighted by atomic mass is 79.9. The lowest BCUT2D eigenvalue weighted by Crippen LogP contribution is -2.44. The van der Waals surface area contributed by atoms with Crippen molar-refractivity contribution in [2.24, 2.45) is 5.92 Å². The zero-order valence-electron chi connectivity index (χ0n) is 9.56. The number of ether oxygens (including phenoxy) is 1. The summed E-state index contributed by atoms with van der Waals surface area (Å²) in [7, 11) is 1.78. The highest BCUT2D eigenvalue weighted by Crippen LogP contribution is 2.27. The number of nitrogens with zero attached hydrogens (tertiary/aromatic N) is 3. The van der Waals surface area contributed by atoms with Gasteiger partial charge in [-0.25, -0.2) is 9.97 Å². The summed E-state index contributed by atoms with van der Waals surface area (Å²) in [6, 6.07) is 0. The molecule has 1 aliphatic heterocycles. The van der Waals surface area contributed by atoms with Gasteiger partial charge in [0, 0.05) is 26.4 Å². The summed E-state index contributed by atoms with van der Waals surface area (Å²) in [5.74, 6) is 1.57. The van der Waals surface area contributed by atoms with Crippen LogP contribution in [0, 0.1) is 5.92 Å². The van der Waals surface area contributed by atoms with Crippen LogP contribution in [-0.4, -0.2) is 36.3 Å². The second kappa shape index (κ2) is 5.10. The van der Waals surface area contributed by atoms with Crippen molar-refractivity contribution in [3.8, 4) is 0 Å². The van der Waals surface area contributed by atoms with Crippen LogP contribution < -0.4 is 4.90 Å². The smallest absolute Gasteiger partial charge is 0.146 e. The quantitative estimate of drug-likeness (QED) is 0.834. The monoisotopic (exact) mass is 285 g/mol. The number of rotatable bonds is 2. The molecule has 1 aromatic heterocycles. The third-order valence-corrected chi connectivity index (χ3v) is 3.70. The van der Waals surface area contributed by atoms with Gasteiger partial charge in [0.15, 0.2) is 0 Å². The molecule has 16 heavy (non-hydrogen) atoms. The van der Waals surface area contributed by atoms with Crippen LogP contribution in [0.3, 0.4) is 0 Å². The molecule has 0 amide bonds. The molecule has 2 rings (SSSR count). The molecule has 88 valence electrons. The van der Waals surface area contributed by atoms with Crippen molar-refractivity contribution in [2.75, 3.05) is 25.1 Å². The summed E-state index contributed by atoms with van der Waals surface area (Å²) in [4.78, 5) is 10.5. The highest BCUT2D eigenvalue weighted by Gasteiger charge is 2.27. The van der Waals surface area contributed by atoms with Crippen molar-refractivity contribution in [3.63, 3.8) is 0 Å². The first-order valence-corrected chi connectivity index (χ1v) is 6.25. The molecule has 0 bridgehead atoms. The Balaban J connectivity index is 2.14. The molecule has 1 saturated heterocycles. The zero-order chi connectivity index (χ0) is 11.5. The summed E-state index contributed by atoms with van der Waals surface area (Å²) in [5.41, 5.74) is 0. The molecular formula is C11H16BrN3O. The Morgan fingerprint density at radius 3 is 3.06 bits per heavy atom. The van der Waals surface area contributed by atoms with E-state index in [0.29, 0.717) is 5.92 Å². The van der Waals surface area contributed by atoms with Crippen molar-refractivity contribution in [2.45, 2.75) is 19.4 Å². The first-order chi connectivity index (χ1) is 7.72. The fraction of sp³-hybridized carbons (Fsp3) is 0.636.